The fourth-order valence-corrected chi connectivity index (χ4v) is 5.17. The highest BCUT2D eigenvalue weighted by atomic mass is 16.5. The molecule has 0 bridgehead atoms. The molecule has 0 spiro atoms. The normalized spacial score (nSPS) is 28.3. The number of amides is 2. The van der Waals surface area contributed by atoms with Gasteiger partial charge in [0.1, 0.15) is 5.76 Å². The van der Waals surface area contributed by atoms with Crippen LogP contribution in [0.5, 0.6) is 0 Å². The Kier molecular flexibility index (Phi) is 6.00. The Labute approximate surface area is 188 Å². The SMILES string of the molecule is N[C@H]1CC[C@H](C(=O)N2CCC(NC(=O)c3cc(C4CC4)on3)C[C@H]2c2ccccc2)CC1. The summed E-state index contributed by atoms with van der Waals surface area (Å²) < 4.78 is 5.34. The molecule has 2 saturated carbocycles. The lowest BCUT2D eigenvalue weighted by atomic mass is 9.83. The van der Waals surface area contributed by atoms with Gasteiger partial charge < -0.3 is 20.5 Å². The van der Waals surface area contributed by atoms with E-state index >= 15 is 0 Å². The monoisotopic (exact) mass is 436 g/mol. The summed E-state index contributed by atoms with van der Waals surface area (Å²) in [6.07, 6.45) is 7.21. The average Bonchev–Trinajstić information content (AvgIpc) is 3.56. The maximum absolute atomic E-state index is 13.4. The molecule has 7 nitrogen and oxygen atoms in total. The lowest BCUT2D eigenvalue weighted by molar-refractivity contribution is -0.141. The number of nitrogens with zero attached hydrogens (tertiary/aromatic N) is 2. The summed E-state index contributed by atoms with van der Waals surface area (Å²) in [5, 5.41) is 7.11. The van der Waals surface area contributed by atoms with Gasteiger partial charge in [-0.05, 0) is 56.9 Å². The molecule has 0 radical (unpaired) electrons. The fourth-order valence-electron chi connectivity index (χ4n) is 5.17. The van der Waals surface area contributed by atoms with Gasteiger partial charge in [0.2, 0.25) is 5.91 Å². The topological polar surface area (TPSA) is 101 Å². The molecule has 1 aliphatic heterocycles. The molecule has 3 aliphatic rings. The van der Waals surface area contributed by atoms with E-state index in [2.05, 4.69) is 22.6 Å². The van der Waals surface area contributed by atoms with Gasteiger partial charge in [-0.15, -0.1) is 0 Å². The number of hydrogen-bond acceptors (Lipinski definition) is 5. The highest BCUT2D eigenvalue weighted by Gasteiger charge is 2.37. The number of carbonyl (C=O) groups excluding carboxylic acids is 2. The molecule has 3 fully saturated rings. The molecule has 170 valence electrons. The standard InChI is InChI=1S/C25H32N4O3/c26-19-10-8-18(9-11-19)25(31)29-13-12-20(14-22(29)16-4-2-1-3-5-16)27-24(30)21-15-23(32-28-21)17-6-7-17/h1-5,15,17-20,22H,6-14,26H2,(H,27,30)/t18-,19-,20?,22-/m0/s1. The summed E-state index contributed by atoms with van der Waals surface area (Å²) in [5.41, 5.74) is 7.51. The van der Waals surface area contributed by atoms with E-state index in [1.807, 2.05) is 23.1 Å². The smallest absolute Gasteiger partial charge is 0.273 e. The number of benzene rings is 1. The van der Waals surface area contributed by atoms with Crippen LogP contribution < -0.4 is 11.1 Å². The van der Waals surface area contributed by atoms with Crippen LogP contribution in [0, 0.1) is 5.92 Å². The van der Waals surface area contributed by atoms with Crippen LogP contribution >= 0.6 is 0 Å². The maximum Gasteiger partial charge on any atom is 0.273 e. The average molecular weight is 437 g/mol. The molecule has 2 amide bonds. The Morgan fingerprint density at radius 2 is 1.78 bits per heavy atom. The second-order valence-corrected chi connectivity index (χ2v) is 9.65. The second-order valence-electron chi connectivity index (χ2n) is 9.65. The van der Waals surface area contributed by atoms with Crippen molar-refractivity contribution in [1.29, 1.82) is 0 Å². The summed E-state index contributed by atoms with van der Waals surface area (Å²) in [7, 11) is 0. The van der Waals surface area contributed by atoms with Crippen molar-refractivity contribution in [2.75, 3.05) is 6.54 Å². The van der Waals surface area contributed by atoms with E-state index in [0.29, 0.717) is 24.6 Å². The zero-order valence-electron chi connectivity index (χ0n) is 18.4. The van der Waals surface area contributed by atoms with Crippen molar-refractivity contribution in [1.82, 2.24) is 15.4 Å². The molecule has 1 unspecified atom stereocenters. The van der Waals surface area contributed by atoms with Crippen LogP contribution in [0.3, 0.4) is 0 Å². The molecule has 7 heteroatoms. The van der Waals surface area contributed by atoms with E-state index in [1.54, 1.807) is 6.07 Å². The Morgan fingerprint density at radius 3 is 2.50 bits per heavy atom. The zero-order chi connectivity index (χ0) is 22.1. The lowest BCUT2D eigenvalue weighted by Crippen LogP contribution is -2.50. The molecule has 32 heavy (non-hydrogen) atoms. The molecule has 1 aromatic heterocycles. The highest BCUT2D eigenvalue weighted by Crippen LogP contribution is 2.40. The first-order chi connectivity index (χ1) is 15.6. The van der Waals surface area contributed by atoms with Gasteiger partial charge in [0.15, 0.2) is 5.69 Å². The van der Waals surface area contributed by atoms with Gasteiger partial charge in [0, 0.05) is 36.5 Å². The Hall–Kier alpha value is -2.67. The summed E-state index contributed by atoms with van der Waals surface area (Å²) in [5.74, 6) is 1.34. The third-order valence-corrected chi connectivity index (χ3v) is 7.27. The van der Waals surface area contributed by atoms with Gasteiger partial charge >= 0.3 is 0 Å². The van der Waals surface area contributed by atoms with Crippen molar-refractivity contribution in [2.45, 2.75) is 75.4 Å². The van der Waals surface area contributed by atoms with Crippen LogP contribution in [0.2, 0.25) is 0 Å². The van der Waals surface area contributed by atoms with Crippen molar-refractivity contribution in [3.8, 4) is 0 Å². The Morgan fingerprint density at radius 1 is 1.03 bits per heavy atom. The summed E-state index contributed by atoms with van der Waals surface area (Å²) in [4.78, 5) is 28.3. The van der Waals surface area contributed by atoms with Crippen LogP contribution in [0.4, 0.5) is 0 Å². The minimum atomic E-state index is -0.196. The first kappa shape index (κ1) is 21.2. The van der Waals surface area contributed by atoms with E-state index in [0.717, 1.165) is 56.3 Å². The molecule has 1 saturated heterocycles. The summed E-state index contributed by atoms with van der Waals surface area (Å²) in [6, 6.07) is 12.1. The van der Waals surface area contributed by atoms with Crippen molar-refractivity contribution < 1.29 is 14.1 Å². The van der Waals surface area contributed by atoms with Gasteiger partial charge in [-0.2, -0.15) is 0 Å². The number of nitrogens with two attached hydrogens (primary N) is 1. The predicted octanol–water partition coefficient (Wildman–Crippen LogP) is 3.53. The number of carbonyl (C=O) groups is 2. The number of aromatic nitrogens is 1. The Balaban J connectivity index is 1.28. The zero-order valence-corrected chi connectivity index (χ0v) is 18.4. The van der Waals surface area contributed by atoms with Crippen LogP contribution in [-0.4, -0.2) is 40.5 Å². The van der Waals surface area contributed by atoms with Crippen LogP contribution in [0.15, 0.2) is 40.9 Å². The quantitative estimate of drug-likeness (QED) is 0.747. The number of nitrogens with one attached hydrogen (secondary N) is 1. The molecule has 2 aromatic rings. The minimum absolute atomic E-state index is 0.0161. The van der Waals surface area contributed by atoms with Gasteiger partial charge in [-0.1, -0.05) is 35.5 Å². The molecule has 1 aromatic carbocycles. The predicted molar refractivity (Wildman–Crippen MR) is 120 cm³/mol. The number of hydrogen-bond donors (Lipinski definition) is 2. The lowest BCUT2D eigenvalue weighted by Gasteiger charge is -2.42. The summed E-state index contributed by atoms with van der Waals surface area (Å²) in [6.45, 7) is 0.637. The van der Waals surface area contributed by atoms with E-state index in [-0.39, 0.29) is 35.9 Å². The highest BCUT2D eigenvalue weighted by molar-refractivity contribution is 5.92. The van der Waals surface area contributed by atoms with Gasteiger partial charge in [0.25, 0.3) is 5.91 Å². The van der Waals surface area contributed by atoms with Crippen molar-refractivity contribution >= 4 is 11.8 Å². The fraction of sp³-hybridized carbons (Fsp3) is 0.560. The van der Waals surface area contributed by atoms with E-state index in [1.165, 1.54) is 0 Å². The van der Waals surface area contributed by atoms with Crippen molar-refractivity contribution in [3.05, 3.63) is 53.4 Å². The second kappa shape index (κ2) is 9.06. The molecular weight excluding hydrogens is 404 g/mol. The largest absolute Gasteiger partial charge is 0.360 e. The Bertz CT molecular complexity index is 947. The van der Waals surface area contributed by atoms with Crippen LogP contribution in [0.25, 0.3) is 0 Å². The van der Waals surface area contributed by atoms with Crippen LogP contribution in [0.1, 0.15) is 85.1 Å². The van der Waals surface area contributed by atoms with Crippen LogP contribution in [-0.2, 0) is 4.79 Å². The first-order valence-corrected chi connectivity index (χ1v) is 12.0. The molecule has 3 N–H and O–H groups in total. The minimum Gasteiger partial charge on any atom is -0.360 e. The number of likely N-dealkylation sites (tertiary alicyclic amines) is 1. The van der Waals surface area contributed by atoms with Crippen molar-refractivity contribution in [3.63, 3.8) is 0 Å². The number of piperidine rings is 1. The third kappa shape index (κ3) is 4.58. The molecule has 5 rings (SSSR count). The van der Waals surface area contributed by atoms with E-state index < -0.39 is 0 Å². The summed E-state index contributed by atoms with van der Waals surface area (Å²) >= 11 is 0. The van der Waals surface area contributed by atoms with E-state index in [4.69, 9.17) is 10.3 Å². The third-order valence-electron chi connectivity index (χ3n) is 7.27. The van der Waals surface area contributed by atoms with Gasteiger partial charge in [-0.25, -0.2) is 0 Å². The van der Waals surface area contributed by atoms with E-state index in [9.17, 15) is 9.59 Å². The molecule has 2 atom stereocenters. The van der Waals surface area contributed by atoms with Gasteiger partial charge in [0.05, 0.1) is 6.04 Å². The first-order valence-electron chi connectivity index (χ1n) is 12.0. The molecule has 2 aliphatic carbocycles. The number of rotatable bonds is 5. The molecular formula is C25H32N4O3. The van der Waals surface area contributed by atoms with Crippen molar-refractivity contribution in [2.24, 2.45) is 11.7 Å². The van der Waals surface area contributed by atoms with Gasteiger partial charge in [-0.3, -0.25) is 9.59 Å². The maximum atomic E-state index is 13.4. The molecule has 2 heterocycles.